The standard InChI is InChI=1S/C23H29N3O2S2/c1-24(2)30(27,28)18-10-11-23-21(17-18)19(20-7-4-5-9-22(20)29-23)8-6-12-26-15-13-25(3)14-16-26/h4-5,7-11,17H,6,12-16H2,1-3H3/b19-8-/i3D3,4D,5D,6D2,7D,8D,9D,10D,11D,12D2,17D. The van der Waals surface area contributed by atoms with Gasteiger partial charge in [0.15, 0.2) is 0 Å². The third kappa shape index (κ3) is 4.36. The second-order valence-electron chi connectivity index (χ2n) is 6.71. The van der Waals surface area contributed by atoms with E-state index in [0.29, 0.717) is 16.1 Å². The summed E-state index contributed by atoms with van der Waals surface area (Å²) in [7, 11) is -2.33. The van der Waals surface area contributed by atoms with Gasteiger partial charge < -0.3 is 9.80 Å². The molecule has 0 N–H and O–H groups in total. The zero-order valence-corrected chi connectivity index (χ0v) is 17.9. The van der Waals surface area contributed by atoms with E-state index in [1.54, 1.807) is 0 Å². The van der Waals surface area contributed by atoms with Crippen LogP contribution in [0.25, 0.3) is 5.57 Å². The minimum atomic E-state index is -4.58. The molecule has 0 spiro atoms. The molecule has 0 unspecified atom stereocenters. The molecule has 1 saturated heterocycles. The molecule has 0 bridgehead atoms. The van der Waals surface area contributed by atoms with Crippen LogP contribution in [0.4, 0.5) is 0 Å². The van der Waals surface area contributed by atoms with Crippen LogP contribution in [0.2, 0.25) is 0 Å². The molecule has 0 radical (unpaired) electrons. The van der Waals surface area contributed by atoms with Crippen molar-refractivity contribution >= 4 is 27.4 Å². The fourth-order valence-corrected chi connectivity index (χ4v) is 4.53. The van der Waals surface area contributed by atoms with Gasteiger partial charge in [-0.2, -0.15) is 0 Å². The predicted octanol–water partition coefficient (Wildman–Crippen LogP) is 3.47. The Morgan fingerprint density at radius 1 is 1.17 bits per heavy atom. The first-order valence-corrected chi connectivity index (χ1v) is 11.2. The molecule has 0 aromatic heterocycles. The Balaban J connectivity index is 2.09. The molecule has 2 heterocycles. The lowest BCUT2D eigenvalue weighted by Crippen LogP contribution is -2.44. The zero-order chi connectivity index (χ0) is 34.4. The summed E-state index contributed by atoms with van der Waals surface area (Å²) >= 11 is 0.549. The molecule has 2 aromatic carbocycles. The fraction of sp³-hybridized carbons (Fsp3) is 0.391. The van der Waals surface area contributed by atoms with Crippen LogP contribution in [0.5, 0.6) is 0 Å². The van der Waals surface area contributed by atoms with Crippen molar-refractivity contribution in [3.63, 3.8) is 0 Å². The van der Waals surface area contributed by atoms with Crippen LogP contribution in [0.15, 0.2) is 63.0 Å². The molecular weight excluding hydrogens is 414 g/mol. The van der Waals surface area contributed by atoms with Gasteiger partial charge in [-0.15, -0.1) is 0 Å². The summed E-state index contributed by atoms with van der Waals surface area (Å²) in [5.74, 6) is 0. The average molecular weight is 459 g/mol. The van der Waals surface area contributed by atoms with E-state index in [4.69, 9.17) is 20.6 Å². The van der Waals surface area contributed by atoms with E-state index in [1.165, 1.54) is 0 Å². The van der Waals surface area contributed by atoms with Crippen molar-refractivity contribution in [2.75, 3.05) is 53.7 Å². The van der Waals surface area contributed by atoms with Gasteiger partial charge in [0.2, 0.25) is 10.0 Å². The molecule has 1 fully saturated rings. The molecule has 2 aliphatic heterocycles. The highest BCUT2D eigenvalue weighted by Crippen LogP contribution is 2.46. The summed E-state index contributed by atoms with van der Waals surface area (Å²) in [5, 5.41) is 0. The largest absolute Gasteiger partial charge is 0.304 e. The average Bonchev–Trinajstić information content (AvgIpc) is 2.95. The summed E-state index contributed by atoms with van der Waals surface area (Å²) < 4.78 is 154. The summed E-state index contributed by atoms with van der Waals surface area (Å²) in [6.45, 7) is -6.27. The van der Waals surface area contributed by atoms with E-state index in [2.05, 4.69) is 0 Å². The Morgan fingerprint density at radius 3 is 2.63 bits per heavy atom. The predicted molar refractivity (Wildman–Crippen MR) is 124 cm³/mol. The molecule has 7 heteroatoms. The van der Waals surface area contributed by atoms with Crippen LogP contribution in [-0.2, 0) is 10.0 Å². The van der Waals surface area contributed by atoms with Crippen LogP contribution in [-0.4, -0.2) is 76.3 Å². The second-order valence-corrected chi connectivity index (χ2v) is 9.82. The third-order valence-corrected chi connectivity index (χ3v) is 7.23. The van der Waals surface area contributed by atoms with E-state index in [-0.39, 0.29) is 36.0 Å². The summed E-state index contributed by atoms with van der Waals surface area (Å²) in [6.07, 6.45) is -3.31. The maximum Gasteiger partial charge on any atom is 0.242 e. The molecule has 160 valence electrons. The Hall–Kier alpha value is -1.64. The second kappa shape index (κ2) is 8.85. The minimum Gasteiger partial charge on any atom is -0.304 e. The SMILES string of the molecule is [2H]/C(=C1\c2c([2H])c([2H])c([2H])c([2H])c2Sc2c([2H])c([2H])c(S(=O)(=O)N(C)C)c([2H])c21)C([2H])([2H])C([2H])([2H])N1CCN(C([2H])([2H])[2H])CC1. The number of nitrogens with zero attached hydrogens (tertiary/aromatic N) is 3. The first-order valence-electron chi connectivity index (χ1n) is 16.5. The molecule has 0 atom stereocenters. The topological polar surface area (TPSA) is 43.9 Å². The molecule has 5 nitrogen and oxygen atoms in total. The number of piperazine rings is 1. The Morgan fingerprint density at radius 2 is 1.90 bits per heavy atom. The highest BCUT2D eigenvalue weighted by molar-refractivity contribution is 7.99. The van der Waals surface area contributed by atoms with Crippen LogP contribution >= 0.6 is 11.8 Å². The first-order chi connectivity index (χ1) is 20.4. The van der Waals surface area contributed by atoms with Crippen LogP contribution in [0.1, 0.15) is 38.1 Å². The fourth-order valence-electron chi connectivity index (χ4n) is 2.84. The lowest BCUT2D eigenvalue weighted by molar-refractivity contribution is 0.156. The molecule has 2 aromatic rings. The van der Waals surface area contributed by atoms with Gasteiger partial charge in [0.1, 0.15) is 0 Å². The van der Waals surface area contributed by atoms with E-state index >= 15 is 0 Å². The van der Waals surface area contributed by atoms with Gasteiger partial charge in [-0.1, -0.05) is 35.9 Å². The van der Waals surface area contributed by atoms with Crippen molar-refractivity contribution in [2.45, 2.75) is 21.1 Å². The van der Waals surface area contributed by atoms with Crippen molar-refractivity contribution in [3.05, 3.63) is 59.5 Å². The van der Waals surface area contributed by atoms with E-state index in [9.17, 15) is 8.42 Å². The number of hydrogen-bond acceptors (Lipinski definition) is 5. The number of likely N-dealkylation sites (N-methyl/N-ethyl adjacent to an activating group) is 1. The van der Waals surface area contributed by atoms with Gasteiger partial charge >= 0.3 is 0 Å². The number of rotatable bonds is 5. The van der Waals surface area contributed by atoms with Crippen molar-refractivity contribution in [3.8, 4) is 0 Å². The number of hydrogen-bond donors (Lipinski definition) is 0. The summed E-state index contributed by atoms with van der Waals surface area (Å²) in [4.78, 5) is 0.574. The summed E-state index contributed by atoms with van der Waals surface area (Å²) in [5.41, 5.74) is -1.75. The Bertz CT molecular complexity index is 1720. The van der Waals surface area contributed by atoms with Crippen molar-refractivity contribution < 1.29 is 29.0 Å². The lowest BCUT2D eigenvalue weighted by atomic mass is 9.96. The van der Waals surface area contributed by atoms with E-state index < -0.39 is 99.8 Å². The maximum atomic E-state index is 13.2. The lowest BCUT2D eigenvalue weighted by Gasteiger charge is -2.32. The van der Waals surface area contributed by atoms with Gasteiger partial charge in [0.25, 0.3) is 0 Å². The normalized spacial score (nSPS) is 28.0. The van der Waals surface area contributed by atoms with Gasteiger partial charge in [0, 0.05) is 66.2 Å². The Kier molecular flexibility index (Phi) is 2.91. The van der Waals surface area contributed by atoms with Gasteiger partial charge in [-0.05, 0) is 54.2 Å². The first kappa shape index (κ1) is 9.88. The smallest absolute Gasteiger partial charge is 0.242 e. The highest BCUT2D eigenvalue weighted by Gasteiger charge is 2.25. The molecule has 4 rings (SSSR count). The van der Waals surface area contributed by atoms with E-state index in [1.807, 2.05) is 0 Å². The molecule has 0 amide bonds. The van der Waals surface area contributed by atoms with Crippen molar-refractivity contribution in [2.24, 2.45) is 0 Å². The quantitative estimate of drug-likeness (QED) is 0.586. The summed E-state index contributed by atoms with van der Waals surface area (Å²) in [6, 6.07) is -6.62. The van der Waals surface area contributed by atoms with Gasteiger partial charge in [-0.25, -0.2) is 12.7 Å². The highest BCUT2D eigenvalue weighted by atomic mass is 32.2. The number of fused-ring (bicyclic) bond motifs is 2. The minimum absolute atomic E-state index is 0.150. The molecule has 30 heavy (non-hydrogen) atoms. The van der Waals surface area contributed by atoms with E-state index in [0.717, 1.165) is 23.9 Å². The van der Waals surface area contributed by atoms with Crippen molar-refractivity contribution in [1.29, 1.82) is 0 Å². The number of sulfonamides is 1. The van der Waals surface area contributed by atoms with Crippen molar-refractivity contribution in [1.82, 2.24) is 14.1 Å². The van der Waals surface area contributed by atoms with Gasteiger partial charge in [-0.3, -0.25) is 0 Å². The van der Waals surface area contributed by atoms with Crippen LogP contribution < -0.4 is 0 Å². The van der Waals surface area contributed by atoms with Gasteiger partial charge in [0.05, 0.1) is 15.9 Å². The molecule has 0 saturated carbocycles. The number of benzene rings is 2. The Labute approximate surface area is 205 Å². The maximum absolute atomic E-state index is 13.2. The third-order valence-electron chi connectivity index (χ3n) is 4.53. The monoisotopic (exact) mass is 458 g/mol. The zero-order valence-electron chi connectivity index (χ0n) is 31.3. The van der Waals surface area contributed by atoms with Crippen LogP contribution in [0, 0.1) is 0 Å². The molecule has 2 aliphatic rings. The van der Waals surface area contributed by atoms with Crippen LogP contribution in [0.3, 0.4) is 0 Å². The molecular formula is C23H29N3O2S2. The molecule has 0 aliphatic carbocycles.